The highest BCUT2D eigenvalue weighted by Gasteiger charge is 2.11. The van der Waals surface area contributed by atoms with E-state index < -0.39 is 0 Å². The molecule has 0 spiro atoms. The molecule has 4 nitrogen and oxygen atoms in total. The summed E-state index contributed by atoms with van der Waals surface area (Å²) in [4.78, 5) is 12.4. The van der Waals surface area contributed by atoms with E-state index in [9.17, 15) is 4.79 Å². The molecule has 0 fully saturated rings. The minimum atomic E-state index is -0.0564. The highest BCUT2D eigenvalue weighted by molar-refractivity contribution is 9.10. The van der Waals surface area contributed by atoms with E-state index in [-0.39, 0.29) is 5.78 Å². The Labute approximate surface area is 132 Å². The summed E-state index contributed by atoms with van der Waals surface area (Å²) in [5.41, 5.74) is 7.45. The van der Waals surface area contributed by atoms with Crippen LogP contribution in [0.3, 0.4) is 0 Å². The Morgan fingerprint density at radius 1 is 1.10 bits per heavy atom. The summed E-state index contributed by atoms with van der Waals surface area (Å²) in [6.45, 7) is 0.971. The minimum absolute atomic E-state index is 0.0564. The van der Waals surface area contributed by atoms with E-state index >= 15 is 0 Å². The number of nitrogen functional groups attached to an aromatic ring is 1. The monoisotopic (exact) mass is 349 g/mol. The number of ether oxygens (including phenoxy) is 2. The minimum Gasteiger partial charge on any atom is -0.490 e. The summed E-state index contributed by atoms with van der Waals surface area (Å²) in [7, 11) is 1.62. The Kier molecular flexibility index (Phi) is 5.36. The third-order valence-electron chi connectivity index (χ3n) is 2.91. The Balaban J connectivity index is 2.15. The van der Waals surface area contributed by atoms with Crippen molar-refractivity contribution in [1.82, 2.24) is 0 Å². The molecule has 0 amide bonds. The van der Waals surface area contributed by atoms with E-state index in [1.54, 1.807) is 49.6 Å². The van der Waals surface area contributed by atoms with E-state index in [0.717, 1.165) is 4.47 Å². The third kappa shape index (κ3) is 4.06. The Bertz CT molecular complexity index is 626. The molecule has 0 aliphatic rings. The largest absolute Gasteiger partial charge is 0.490 e. The topological polar surface area (TPSA) is 61.5 Å². The molecule has 0 aliphatic carbocycles. The maximum atomic E-state index is 12.4. The molecule has 0 aromatic heterocycles. The molecular formula is C16H16BrNO3. The number of methoxy groups -OCH3 is 1. The van der Waals surface area contributed by atoms with Gasteiger partial charge in [-0.15, -0.1) is 0 Å². The van der Waals surface area contributed by atoms with Gasteiger partial charge in [0.25, 0.3) is 0 Å². The quantitative estimate of drug-likeness (QED) is 0.493. The highest BCUT2D eigenvalue weighted by atomic mass is 79.9. The summed E-state index contributed by atoms with van der Waals surface area (Å²) in [6, 6.07) is 12.1. The zero-order valence-electron chi connectivity index (χ0n) is 11.6. The van der Waals surface area contributed by atoms with E-state index in [0.29, 0.717) is 35.8 Å². The first-order chi connectivity index (χ1) is 10.1. The van der Waals surface area contributed by atoms with Crippen LogP contribution in [-0.4, -0.2) is 26.1 Å². The van der Waals surface area contributed by atoms with E-state index in [1.165, 1.54) is 0 Å². The number of rotatable bonds is 6. The van der Waals surface area contributed by atoms with Crippen LogP contribution in [0, 0.1) is 0 Å². The molecule has 5 heteroatoms. The smallest absolute Gasteiger partial charge is 0.193 e. The van der Waals surface area contributed by atoms with Crippen molar-refractivity contribution in [3.63, 3.8) is 0 Å². The second-order valence-corrected chi connectivity index (χ2v) is 5.29. The SMILES string of the molecule is COCCOc1ccc(C(=O)c2ccc(N)cc2)cc1Br. The van der Waals surface area contributed by atoms with Gasteiger partial charge in [0.1, 0.15) is 12.4 Å². The summed E-state index contributed by atoms with van der Waals surface area (Å²) < 4.78 is 11.2. The van der Waals surface area contributed by atoms with Crippen LogP contribution in [0.1, 0.15) is 15.9 Å². The molecule has 0 aliphatic heterocycles. The van der Waals surface area contributed by atoms with Crippen molar-refractivity contribution < 1.29 is 14.3 Å². The molecule has 2 rings (SSSR count). The molecule has 0 radical (unpaired) electrons. The molecular weight excluding hydrogens is 334 g/mol. The lowest BCUT2D eigenvalue weighted by Crippen LogP contribution is -2.06. The second-order valence-electron chi connectivity index (χ2n) is 4.44. The van der Waals surface area contributed by atoms with Crippen LogP contribution in [0.15, 0.2) is 46.9 Å². The van der Waals surface area contributed by atoms with Crippen molar-refractivity contribution in [3.05, 3.63) is 58.1 Å². The van der Waals surface area contributed by atoms with Crippen LogP contribution in [-0.2, 0) is 4.74 Å². The summed E-state index contributed by atoms with van der Waals surface area (Å²) in [6.07, 6.45) is 0. The van der Waals surface area contributed by atoms with Crippen molar-refractivity contribution in [3.8, 4) is 5.75 Å². The number of halogens is 1. The lowest BCUT2D eigenvalue weighted by atomic mass is 10.0. The van der Waals surface area contributed by atoms with Gasteiger partial charge in [0, 0.05) is 23.9 Å². The van der Waals surface area contributed by atoms with Gasteiger partial charge in [-0.1, -0.05) is 0 Å². The standard InChI is InChI=1S/C16H16BrNO3/c1-20-8-9-21-15-7-4-12(10-14(15)17)16(19)11-2-5-13(18)6-3-11/h2-7,10H,8-9,18H2,1H3. The fourth-order valence-corrected chi connectivity index (χ4v) is 2.29. The molecule has 0 heterocycles. The van der Waals surface area contributed by atoms with Gasteiger partial charge in [0.05, 0.1) is 11.1 Å². The average molecular weight is 350 g/mol. The molecule has 0 unspecified atom stereocenters. The van der Waals surface area contributed by atoms with Crippen molar-refractivity contribution in [2.75, 3.05) is 26.1 Å². The molecule has 2 aromatic carbocycles. The van der Waals surface area contributed by atoms with Crippen LogP contribution in [0.5, 0.6) is 5.75 Å². The third-order valence-corrected chi connectivity index (χ3v) is 3.53. The number of benzene rings is 2. The molecule has 110 valence electrons. The number of ketones is 1. The number of hydrogen-bond donors (Lipinski definition) is 1. The number of nitrogens with two attached hydrogens (primary N) is 1. The average Bonchev–Trinajstić information content (AvgIpc) is 2.49. The molecule has 0 saturated heterocycles. The first-order valence-electron chi connectivity index (χ1n) is 6.43. The normalized spacial score (nSPS) is 10.4. The zero-order valence-corrected chi connectivity index (χ0v) is 13.2. The van der Waals surface area contributed by atoms with Gasteiger partial charge in [-0.3, -0.25) is 4.79 Å². The lowest BCUT2D eigenvalue weighted by Gasteiger charge is -2.09. The van der Waals surface area contributed by atoms with Crippen molar-refractivity contribution in [2.24, 2.45) is 0 Å². The van der Waals surface area contributed by atoms with Crippen molar-refractivity contribution in [2.45, 2.75) is 0 Å². The Hall–Kier alpha value is -1.85. The molecule has 0 bridgehead atoms. The van der Waals surface area contributed by atoms with Crippen LogP contribution >= 0.6 is 15.9 Å². The predicted octanol–water partition coefficient (Wildman–Crippen LogP) is 3.29. The van der Waals surface area contributed by atoms with Gasteiger partial charge >= 0.3 is 0 Å². The molecule has 0 saturated carbocycles. The first-order valence-corrected chi connectivity index (χ1v) is 7.22. The van der Waals surface area contributed by atoms with Gasteiger partial charge in [-0.2, -0.15) is 0 Å². The first kappa shape index (κ1) is 15.5. The Morgan fingerprint density at radius 3 is 2.38 bits per heavy atom. The van der Waals surface area contributed by atoms with Gasteiger partial charge in [-0.05, 0) is 58.4 Å². The fourth-order valence-electron chi connectivity index (χ4n) is 1.80. The number of anilines is 1. The molecule has 21 heavy (non-hydrogen) atoms. The van der Waals surface area contributed by atoms with Crippen LogP contribution < -0.4 is 10.5 Å². The molecule has 0 atom stereocenters. The van der Waals surface area contributed by atoms with Gasteiger partial charge < -0.3 is 15.2 Å². The molecule has 2 aromatic rings. The summed E-state index contributed by atoms with van der Waals surface area (Å²) >= 11 is 3.41. The summed E-state index contributed by atoms with van der Waals surface area (Å²) in [5, 5.41) is 0. The Morgan fingerprint density at radius 2 is 1.76 bits per heavy atom. The van der Waals surface area contributed by atoms with Crippen LogP contribution in [0.4, 0.5) is 5.69 Å². The lowest BCUT2D eigenvalue weighted by molar-refractivity contribution is 0.103. The van der Waals surface area contributed by atoms with Crippen molar-refractivity contribution in [1.29, 1.82) is 0 Å². The van der Waals surface area contributed by atoms with Gasteiger partial charge in [0.15, 0.2) is 5.78 Å². The second kappa shape index (κ2) is 7.24. The van der Waals surface area contributed by atoms with E-state index in [2.05, 4.69) is 15.9 Å². The highest BCUT2D eigenvalue weighted by Crippen LogP contribution is 2.27. The predicted molar refractivity (Wildman–Crippen MR) is 85.8 cm³/mol. The summed E-state index contributed by atoms with van der Waals surface area (Å²) in [5.74, 6) is 0.625. The van der Waals surface area contributed by atoms with E-state index in [1.807, 2.05) is 0 Å². The van der Waals surface area contributed by atoms with Crippen molar-refractivity contribution >= 4 is 27.4 Å². The van der Waals surface area contributed by atoms with E-state index in [4.69, 9.17) is 15.2 Å². The zero-order chi connectivity index (χ0) is 15.2. The molecule has 2 N–H and O–H groups in total. The van der Waals surface area contributed by atoms with Gasteiger partial charge in [0.2, 0.25) is 0 Å². The maximum absolute atomic E-state index is 12.4. The fraction of sp³-hybridized carbons (Fsp3) is 0.188. The van der Waals surface area contributed by atoms with Gasteiger partial charge in [-0.25, -0.2) is 0 Å². The number of carbonyl (C=O) groups excluding carboxylic acids is 1. The van der Waals surface area contributed by atoms with Crippen LogP contribution in [0.25, 0.3) is 0 Å². The van der Waals surface area contributed by atoms with Crippen LogP contribution in [0.2, 0.25) is 0 Å². The maximum Gasteiger partial charge on any atom is 0.193 e. The number of hydrogen-bond acceptors (Lipinski definition) is 4. The number of carbonyl (C=O) groups is 1.